The zero-order chi connectivity index (χ0) is 31.1. The average molecular weight is 634 g/mol. The third-order valence-electron chi connectivity index (χ3n) is 7.58. The predicted octanol–water partition coefficient (Wildman–Crippen LogP) is 7.30. The second-order valence-corrected chi connectivity index (χ2v) is 12.4. The molecule has 1 aliphatic rings. The molecule has 1 unspecified atom stereocenters. The number of rotatable bonds is 8. The van der Waals surface area contributed by atoms with Gasteiger partial charge in [-0.15, -0.1) is 10.2 Å². The summed E-state index contributed by atoms with van der Waals surface area (Å²) >= 11 is 2.66. The van der Waals surface area contributed by atoms with Gasteiger partial charge in [0, 0.05) is 11.1 Å². The Morgan fingerprint density at radius 2 is 1.69 bits per heavy atom. The maximum Gasteiger partial charge on any atom is 0.337 e. The minimum Gasteiger partial charge on any atom is -0.503 e. The third-order valence-corrected chi connectivity index (χ3v) is 9.69. The van der Waals surface area contributed by atoms with E-state index < -0.39 is 29.5 Å². The number of carbonyl (C=O) groups is 3. The molecule has 0 fully saturated rings. The number of Topliss-reactive ketones (excluding diaryl/α,β-unsaturated/α-hetero) is 1. The molecule has 0 spiro atoms. The van der Waals surface area contributed by atoms with Crippen LogP contribution in [0.3, 0.4) is 0 Å². The van der Waals surface area contributed by atoms with E-state index in [1.807, 2.05) is 24.3 Å². The van der Waals surface area contributed by atoms with Crippen LogP contribution in [0.2, 0.25) is 0 Å². The quantitative estimate of drug-likeness (QED) is 0.0796. The maximum absolute atomic E-state index is 13.9. The van der Waals surface area contributed by atoms with Crippen molar-refractivity contribution in [3.8, 4) is 0 Å². The van der Waals surface area contributed by atoms with Crippen LogP contribution < -0.4 is 4.90 Å². The molecule has 1 aliphatic heterocycles. The van der Waals surface area contributed by atoms with E-state index in [9.17, 15) is 19.5 Å². The summed E-state index contributed by atoms with van der Waals surface area (Å²) < 4.78 is 11.2. The van der Waals surface area contributed by atoms with Gasteiger partial charge in [-0.1, -0.05) is 95.9 Å². The molecule has 2 aromatic heterocycles. The first-order valence-electron chi connectivity index (χ1n) is 13.8. The Balaban J connectivity index is 1.24. The Bertz CT molecular complexity index is 2110. The molecule has 9 nitrogen and oxygen atoms in total. The number of benzene rings is 4. The van der Waals surface area contributed by atoms with Crippen LogP contribution in [0.5, 0.6) is 0 Å². The van der Waals surface area contributed by atoms with Crippen molar-refractivity contribution in [2.45, 2.75) is 16.1 Å². The number of fused-ring (bicyclic) bond motifs is 2. The van der Waals surface area contributed by atoms with E-state index in [1.54, 1.807) is 36.4 Å². The van der Waals surface area contributed by atoms with Gasteiger partial charge in [-0.25, -0.2) is 4.79 Å². The van der Waals surface area contributed by atoms with Crippen LogP contribution in [0.1, 0.15) is 38.1 Å². The molecule has 0 radical (unpaired) electrons. The molecule has 0 bridgehead atoms. The van der Waals surface area contributed by atoms with Crippen LogP contribution >= 0.6 is 23.1 Å². The second-order valence-electron chi connectivity index (χ2n) is 10.2. The van der Waals surface area contributed by atoms with E-state index in [0.29, 0.717) is 32.2 Å². The first-order valence-corrected chi connectivity index (χ1v) is 15.6. The lowest BCUT2D eigenvalue weighted by Gasteiger charge is -2.24. The minimum absolute atomic E-state index is 0.0211. The van der Waals surface area contributed by atoms with Gasteiger partial charge in [0.25, 0.3) is 5.91 Å². The number of aromatic nitrogens is 2. The number of methoxy groups -OCH3 is 1. The molecule has 6 aromatic rings. The highest BCUT2D eigenvalue weighted by atomic mass is 32.2. The first-order chi connectivity index (χ1) is 21.9. The number of thioether (sulfide) groups is 1. The van der Waals surface area contributed by atoms with Crippen LogP contribution in [-0.2, 0) is 15.3 Å². The van der Waals surface area contributed by atoms with Gasteiger partial charge in [-0.2, -0.15) is 0 Å². The van der Waals surface area contributed by atoms with E-state index in [0.717, 1.165) is 16.3 Å². The highest BCUT2D eigenvalue weighted by molar-refractivity contribution is 8.00. The number of ketones is 1. The number of anilines is 1. The fourth-order valence-electron chi connectivity index (χ4n) is 5.41. The van der Waals surface area contributed by atoms with Crippen molar-refractivity contribution in [2.24, 2.45) is 0 Å². The summed E-state index contributed by atoms with van der Waals surface area (Å²) in [4.78, 5) is 40.9. The summed E-state index contributed by atoms with van der Waals surface area (Å²) in [5, 5.41) is 23.0. The van der Waals surface area contributed by atoms with Crippen molar-refractivity contribution < 1.29 is 28.6 Å². The van der Waals surface area contributed by atoms with E-state index >= 15 is 0 Å². The van der Waals surface area contributed by atoms with E-state index in [1.165, 1.54) is 47.2 Å². The molecule has 0 saturated heterocycles. The van der Waals surface area contributed by atoms with Gasteiger partial charge in [0.1, 0.15) is 5.58 Å². The number of aliphatic hydroxyl groups is 1. The maximum atomic E-state index is 13.9. The topological polar surface area (TPSA) is 123 Å². The van der Waals surface area contributed by atoms with Crippen LogP contribution in [0.15, 0.2) is 117 Å². The van der Waals surface area contributed by atoms with E-state index in [2.05, 4.69) is 34.5 Å². The van der Waals surface area contributed by atoms with Crippen molar-refractivity contribution in [3.05, 3.63) is 131 Å². The molecule has 1 atom stereocenters. The summed E-state index contributed by atoms with van der Waals surface area (Å²) in [5.74, 6) is -2.07. The molecular weight excluding hydrogens is 611 g/mol. The molecule has 3 heterocycles. The zero-order valence-electron chi connectivity index (χ0n) is 23.7. The largest absolute Gasteiger partial charge is 0.503 e. The van der Waals surface area contributed by atoms with Crippen LogP contribution in [-0.4, -0.2) is 40.1 Å². The fraction of sp³-hybridized carbons (Fsp3) is 0.0882. The van der Waals surface area contributed by atoms with Crippen molar-refractivity contribution in [1.82, 2.24) is 10.2 Å². The molecule has 7 rings (SSSR count). The molecule has 4 aromatic carbocycles. The number of furan rings is 1. The summed E-state index contributed by atoms with van der Waals surface area (Å²) in [6.45, 7) is 0. The van der Waals surface area contributed by atoms with Crippen molar-refractivity contribution in [2.75, 3.05) is 12.0 Å². The number of amides is 1. The smallest absolute Gasteiger partial charge is 0.337 e. The van der Waals surface area contributed by atoms with Crippen molar-refractivity contribution >= 4 is 67.6 Å². The van der Waals surface area contributed by atoms with Gasteiger partial charge in [0.05, 0.1) is 24.3 Å². The van der Waals surface area contributed by atoms with Crippen LogP contribution in [0.25, 0.3) is 21.7 Å². The highest BCUT2D eigenvalue weighted by Gasteiger charge is 2.47. The summed E-state index contributed by atoms with van der Waals surface area (Å²) in [6, 6.07) is 28.2. The monoisotopic (exact) mass is 633 g/mol. The van der Waals surface area contributed by atoms with Gasteiger partial charge >= 0.3 is 5.97 Å². The third kappa shape index (κ3) is 5.15. The normalized spacial score (nSPS) is 14.9. The summed E-state index contributed by atoms with van der Waals surface area (Å²) in [5.41, 5.74) is 2.23. The number of hydrogen-bond acceptors (Lipinski definition) is 10. The fourth-order valence-corrected chi connectivity index (χ4v) is 7.28. The Labute approximate surface area is 264 Å². The molecule has 0 saturated carbocycles. The van der Waals surface area contributed by atoms with Crippen LogP contribution in [0, 0.1) is 0 Å². The molecule has 45 heavy (non-hydrogen) atoms. The molecular formula is C34H23N3O6S2. The van der Waals surface area contributed by atoms with Gasteiger partial charge in [-0.05, 0) is 46.2 Å². The second kappa shape index (κ2) is 11.7. The zero-order valence-corrected chi connectivity index (χ0v) is 25.3. The Kier molecular flexibility index (Phi) is 7.40. The van der Waals surface area contributed by atoms with Gasteiger partial charge in [0.2, 0.25) is 10.9 Å². The number of para-hydroxylation sites is 1. The van der Waals surface area contributed by atoms with Crippen LogP contribution in [0.4, 0.5) is 5.13 Å². The Morgan fingerprint density at radius 3 is 2.47 bits per heavy atom. The Hall–Kier alpha value is -5.26. The van der Waals surface area contributed by atoms with Gasteiger partial charge in [-0.3, -0.25) is 14.5 Å². The molecule has 1 amide bonds. The number of esters is 1. The molecule has 1 N–H and O–H groups in total. The Morgan fingerprint density at radius 1 is 0.956 bits per heavy atom. The summed E-state index contributed by atoms with van der Waals surface area (Å²) in [7, 11) is 1.28. The minimum atomic E-state index is -1.06. The molecule has 11 heteroatoms. The van der Waals surface area contributed by atoms with Crippen molar-refractivity contribution in [1.29, 1.82) is 0 Å². The standard InChI is InChI=1S/C34H23N3O6S2/c1-42-32(41)21-15-13-20(14-16-21)28-27(29(38)26-17-22-8-3-5-12-25(22)43-26)30(39)31(40)37(28)33-35-36-34(45-33)44-18-23-10-6-9-19-7-2-4-11-24(19)23/h2-17,28,39H,18H2,1H3. The van der Waals surface area contributed by atoms with E-state index in [-0.39, 0.29) is 16.5 Å². The number of nitrogens with zero attached hydrogens (tertiary/aromatic N) is 3. The lowest BCUT2D eigenvalue weighted by Crippen LogP contribution is -2.31. The first kappa shape index (κ1) is 28.5. The van der Waals surface area contributed by atoms with E-state index in [4.69, 9.17) is 9.15 Å². The number of carbonyl (C=O) groups excluding carboxylic acids is 3. The number of hydrogen-bond donors (Lipinski definition) is 1. The summed E-state index contributed by atoms with van der Waals surface area (Å²) in [6.07, 6.45) is 0. The molecule has 222 valence electrons. The average Bonchev–Trinajstić information content (AvgIpc) is 3.79. The SMILES string of the molecule is COC(=O)c1ccc(C2C(C(=O)c3cc4ccccc4o3)=C(O)C(=O)N2c2nnc(SCc3cccc4ccccc34)s2)cc1. The molecule has 0 aliphatic carbocycles. The van der Waals surface area contributed by atoms with Crippen molar-refractivity contribution in [3.63, 3.8) is 0 Å². The predicted molar refractivity (Wildman–Crippen MR) is 172 cm³/mol. The lowest BCUT2D eigenvalue weighted by molar-refractivity contribution is -0.117. The number of aliphatic hydroxyl groups excluding tert-OH is 1. The lowest BCUT2D eigenvalue weighted by atomic mass is 9.94. The van der Waals surface area contributed by atoms with Gasteiger partial charge in [0.15, 0.2) is 15.9 Å². The van der Waals surface area contributed by atoms with Gasteiger partial charge < -0.3 is 14.3 Å². The highest BCUT2D eigenvalue weighted by Crippen LogP contribution is 2.44. The number of ether oxygens (including phenoxy) is 1.